The molecule has 0 aliphatic carbocycles. The summed E-state index contributed by atoms with van der Waals surface area (Å²) in [7, 11) is -5.04. The van der Waals surface area contributed by atoms with Crippen LogP contribution < -0.4 is 5.73 Å². The molecule has 1 aromatic carbocycles. The van der Waals surface area contributed by atoms with Crippen LogP contribution in [-0.4, -0.2) is 21.3 Å². The van der Waals surface area contributed by atoms with Gasteiger partial charge in [0.15, 0.2) is 0 Å². The summed E-state index contributed by atoms with van der Waals surface area (Å²) in [6.07, 6.45) is 0. The van der Waals surface area contributed by atoms with E-state index in [1.54, 1.807) is 6.07 Å². The van der Waals surface area contributed by atoms with E-state index in [0.717, 1.165) is 0 Å². The van der Waals surface area contributed by atoms with Crippen LogP contribution in [0.25, 0.3) is 0 Å². The van der Waals surface area contributed by atoms with Crippen molar-refractivity contribution >= 4 is 7.82 Å². The van der Waals surface area contributed by atoms with E-state index in [1.165, 1.54) is 24.3 Å². The van der Waals surface area contributed by atoms with Crippen molar-refractivity contribution in [1.82, 2.24) is 0 Å². The topological polar surface area (TPSA) is 136 Å². The van der Waals surface area contributed by atoms with Crippen molar-refractivity contribution in [1.29, 1.82) is 0 Å². The van der Waals surface area contributed by atoms with Gasteiger partial charge in [0.05, 0.1) is 17.0 Å². The van der Waals surface area contributed by atoms with Gasteiger partial charge in [-0.25, -0.2) is 9.09 Å². The molecule has 0 aromatic heterocycles. The molecule has 1 aromatic rings. The minimum absolute atomic E-state index is 0.0316. The summed E-state index contributed by atoms with van der Waals surface area (Å²) in [6, 6.07) is 7.18. The quantitative estimate of drug-likeness (QED) is 0.298. The summed E-state index contributed by atoms with van der Waals surface area (Å²) in [6.45, 7) is -0.699. The molecule has 0 spiro atoms. The molecular weight excluding hydrogens is 251 g/mol. The molecule has 0 saturated carbocycles. The predicted octanol–water partition coefficient (Wildman–Crippen LogP) is 0.184. The Kier molecular flexibility index (Phi) is 3.97. The molecule has 1 unspecified atom stereocenters. The number of nitrogens with zero attached hydrogens (tertiary/aromatic N) is 1. The van der Waals surface area contributed by atoms with Crippen LogP contribution in [0.2, 0.25) is 0 Å². The summed E-state index contributed by atoms with van der Waals surface area (Å²) in [5.41, 5.74) is 2.76. The van der Waals surface area contributed by atoms with Crippen molar-refractivity contribution in [2.45, 2.75) is 5.72 Å². The molecule has 17 heavy (non-hydrogen) atoms. The van der Waals surface area contributed by atoms with Crippen molar-refractivity contribution in [3.63, 3.8) is 0 Å². The van der Waals surface area contributed by atoms with Crippen molar-refractivity contribution < 1.29 is 23.8 Å². The molecule has 8 nitrogen and oxygen atoms in total. The summed E-state index contributed by atoms with van der Waals surface area (Å²) >= 11 is 0. The third-order valence-electron chi connectivity index (χ3n) is 2.07. The van der Waals surface area contributed by atoms with Gasteiger partial charge in [0.25, 0.3) is 0 Å². The monoisotopic (exact) mass is 262 g/mol. The van der Waals surface area contributed by atoms with Crippen LogP contribution in [0.4, 0.5) is 0 Å². The van der Waals surface area contributed by atoms with Gasteiger partial charge in [0.2, 0.25) is 0 Å². The van der Waals surface area contributed by atoms with Gasteiger partial charge in [0, 0.05) is 0 Å². The molecule has 0 radical (unpaired) electrons. The lowest BCUT2D eigenvalue weighted by Crippen LogP contribution is -2.44. The minimum atomic E-state index is -5.04. The maximum atomic E-state index is 11.0. The van der Waals surface area contributed by atoms with E-state index in [-0.39, 0.29) is 5.56 Å². The highest BCUT2D eigenvalue weighted by Crippen LogP contribution is 2.45. The Morgan fingerprint density at radius 2 is 1.94 bits per heavy atom. The first-order valence-electron chi connectivity index (χ1n) is 4.48. The lowest BCUT2D eigenvalue weighted by atomic mass is 10.0. The van der Waals surface area contributed by atoms with Gasteiger partial charge in [-0.1, -0.05) is 18.2 Å². The first-order valence-corrected chi connectivity index (χ1v) is 6.01. The van der Waals surface area contributed by atoms with Crippen molar-refractivity contribution in [3.05, 3.63) is 46.0 Å². The average Bonchev–Trinajstić information content (AvgIpc) is 2.25. The normalized spacial score (nSPS) is 15.2. The summed E-state index contributed by atoms with van der Waals surface area (Å²) in [4.78, 5) is 27.5. The summed E-state index contributed by atoms with van der Waals surface area (Å²) in [5, 5.41) is 11.0. The Morgan fingerprint density at radius 3 is 2.29 bits per heavy atom. The highest BCUT2D eigenvalue weighted by Gasteiger charge is 2.50. The fraction of sp³-hybridized carbons (Fsp3) is 0.250. The second kappa shape index (κ2) is 4.91. The molecule has 0 fully saturated rings. The smallest absolute Gasteiger partial charge is 0.322 e. The van der Waals surface area contributed by atoms with Crippen LogP contribution in [0.3, 0.4) is 0 Å². The van der Waals surface area contributed by atoms with Gasteiger partial charge in [-0.2, -0.15) is 0 Å². The number of phosphoric acid groups is 1. The molecule has 0 bridgehead atoms. The molecular formula is C8H11N2O6P. The number of phosphoric ester groups is 1. The first kappa shape index (κ1) is 13.8. The molecule has 1 atom stereocenters. The van der Waals surface area contributed by atoms with Gasteiger partial charge in [-0.05, 0) is 12.1 Å². The van der Waals surface area contributed by atoms with Gasteiger partial charge in [0.1, 0.15) is 0 Å². The molecule has 0 heterocycles. The lowest BCUT2D eigenvalue weighted by molar-refractivity contribution is -0.625. The predicted molar refractivity (Wildman–Crippen MR) is 57.3 cm³/mol. The van der Waals surface area contributed by atoms with E-state index in [9.17, 15) is 14.7 Å². The number of nitro groups is 1. The molecule has 0 aliphatic rings. The lowest BCUT2D eigenvalue weighted by Gasteiger charge is -2.23. The summed E-state index contributed by atoms with van der Waals surface area (Å²) in [5.74, 6) is 0. The number of hydrogen-bond donors (Lipinski definition) is 3. The number of rotatable bonds is 5. The SMILES string of the molecule is NCC(OP(=O)(O)O)(c1ccccc1)[N+](=O)[O-]. The summed E-state index contributed by atoms with van der Waals surface area (Å²) < 4.78 is 15.1. The van der Waals surface area contributed by atoms with E-state index in [1.807, 2.05) is 0 Å². The van der Waals surface area contributed by atoms with E-state index in [2.05, 4.69) is 4.52 Å². The molecule has 94 valence electrons. The second-order valence-corrected chi connectivity index (χ2v) is 4.36. The molecule has 0 saturated heterocycles. The van der Waals surface area contributed by atoms with Crippen molar-refractivity contribution in [2.24, 2.45) is 5.73 Å². The van der Waals surface area contributed by atoms with E-state index < -0.39 is 25.0 Å². The number of benzene rings is 1. The molecule has 0 amide bonds. The van der Waals surface area contributed by atoms with Gasteiger partial charge < -0.3 is 15.5 Å². The Bertz CT molecular complexity index is 447. The zero-order valence-corrected chi connectivity index (χ0v) is 9.49. The number of hydrogen-bond acceptors (Lipinski definition) is 5. The molecule has 9 heteroatoms. The fourth-order valence-corrected chi connectivity index (χ4v) is 1.96. The largest absolute Gasteiger partial charge is 0.475 e. The Morgan fingerprint density at radius 1 is 1.41 bits per heavy atom. The Labute approximate surface area is 96.4 Å². The van der Waals surface area contributed by atoms with Crippen LogP contribution in [-0.2, 0) is 14.8 Å². The molecule has 4 N–H and O–H groups in total. The third-order valence-corrected chi connectivity index (χ3v) is 2.61. The van der Waals surface area contributed by atoms with Crippen LogP contribution in [0.1, 0.15) is 5.56 Å². The minimum Gasteiger partial charge on any atom is -0.322 e. The maximum absolute atomic E-state index is 11.0. The maximum Gasteiger partial charge on any atom is 0.475 e. The van der Waals surface area contributed by atoms with Crippen LogP contribution in [0, 0.1) is 10.1 Å². The van der Waals surface area contributed by atoms with Crippen molar-refractivity contribution in [3.8, 4) is 0 Å². The second-order valence-electron chi connectivity index (χ2n) is 3.19. The Balaban J connectivity index is 3.29. The fourth-order valence-electron chi connectivity index (χ4n) is 1.32. The molecule has 1 rings (SSSR count). The van der Waals surface area contributed by atoms with Crippen LogP contribution in [0.5, 0.6) is 0 Å². The third kappa shape index (κ3) is 3.09. The molecule has 0 aliphatic heterocycles. The van der Waals surface area contributed by atoms with Gasteiger partial charge in [-0.3, -0.25) is 10.1 Å². The van der Waals surface area contributed by atoms with E-state index >= 15 is 0 Å². The zero-order chi connectivity index (χ0) is 13.1. The average molecular weight is 262 g/mol. The highest BCUT2D eigenvalue weighted by atomic mass is 31.2. The first-order chi connectivity index (χ1) is 7.82. The van der Waals surface area contributed by atoms with Crippen LogP contribution >= 0.6 is 7.82 Å². The number of nitrogens with two attached hydrogens (primary N) is 1. The van der Waals surface area contributed by atoms with Gasteiger partial charge >= 0.3 is 13.5 Å². The van der Waals surface area contributed by atoms with Crippen LogP contribution in [0.15, 0.2) is 30.3 Å². The van der Waals surface area contributed by atoms with Gasteiger partial charge in [-0.15, -0.1) is 0 Å². The van der Waals surface area contributed by atoms with Crippen molar-refractivity contribution in [2.75, 3.05) is 6.54 Å². The standard InChI is InChI=1S/C8H11N2O6P/c9-6-8(10(11)12,16-17(13,14)15)7-4-2-1-3-5-7/h1-5H,6,9H2,(H2,13,14,15). The van der Waals surface area contributed by atoms with E-state index in [4.69, 9.17) is 15.5 Å². The highest BCUT2D eigenvalue weighted by molar-refractivity contribution is 7.46. The Hall–Kier alpha value is -1.31. The zero-order valence-electron chi connectivity index (χ0n) is 8.59. The van der Waals surface area contributed by atoms with E-state index in [0.29, 0.717) is 0 Å².